The summed E-state index contributed by atoms with van der Waals surface area (Å²) >= 11 is 0. The molecule has 0 aliphatic carbocycles. The Morgan fingerprint density at radius 2 is 1.94 bits per heavy atom. The average molecular weight is 243 g/mol. The zero-order chi connectivity index (χ0) is 12.4. The Kier molecular flexibility index (Phi) is 3.71. The van der Waals surface area contributed by atoms with Gasteiger partial charge in [-0.1, -0.05) is 0 Å². The van der Waals surface area contributed by atoms with Crippen LogP contribution in [0.5, 0.6) is 0 Å². The maximum atomic E-state index is 13.6. The van der Waals surface area contributed by atoms with Gasteiger partial charge in [0, 0.05) is 24.1 Å². The summed E-state index contributed by atoms with van der Waals surface area (Å²) in [5.74, 6) is -1.19. The van der Waals surface area contributed by atoms with Crippen molar-refractivity contribution in [3.05, 3.63) is 34.9 Å². The molecule has 0 aromatic heterocycles. The van der Waals surface area contributed by atoms with Crippen molar-refractivity contribution < 1.29 is 18.3 Å². The van der Waals surface area contributed by atoms with Crippen LogP contribution < -0.4 is 5.73 Å². The lowest BCUT2D eigenvalue weighted by Gasteiger charge is -2.17. The van der Waals surface area contributed by atoms with E-state index in [1.165, 1.54) is 6.07 Å². The van der Waals surface area contributed by atoms with Gasteiger partial charge >= 0.3 is 0 Å². The van der Waals surface area contributed by atoms with E-state index >= 15 is 0 Å². The van der Waals surface area contributed by atoms with Gasteiger partial charge in [0.05, 0.1) is 13.2 Å². The van der Waals surface area contributed by atoms with E-state index in [0.717, 1.165) is 6.07 Å². The van der Waals surface area contributed by atoms with Gasteiger partial charge in [-0.2, -0.15) is 0 Å². The van der Waals surface area contributed by atoms with E-state index < -0.39 is 24.0 Å². The van der Waals surface area contributed by atoms with Crippen LogP contribution in [0.3, 0.4) is 0 Å². The molecule has 1 aliphatic heterocycles. The summed E-state index contributed by atoms with van der Waals surface area (Å²) in [5, 5.41) is 0. The molecule has 3 nitrogen and oxygen atoms in total. The molecule has 0 spiro atoms. The van der Waals surface area contributed by atoms with Crippen LogP contribution in [0, 0.1) is 18.6 Å². The third kappa shape index (κ3) is 2.80. The van der Waals surface area contributed by atoms with Crippen molar-refractivity contribution in [1.82, 2.24) is 0 Å². The van der Waals surface area contributed by atoms with Crippen LogP contribution in [-0.2, 0) is 9.47 Å². The van der Waals surface area contributed by atoms with Gasteiger partial charge in [0.15, 0.2) is 6.29 Å². The van der Waals surface area contributed by atoms with Crippen molar-refractivity contribution in [3.63, 3.8) is 0 Å². The molecule has 5 heteroatoms. The predicted molar refractivity (Wildman–Crippen MR) is 58.3 cm³/mol. The Balaban J connectivity index is 2.12. The second kappa shape index (κ2) is 5.08. The van der Waals surface area contributed by atoms with E-state index in [1.807, 2.05) is 0 Å². The van der Waals surface area contributed by atoms with Crippen molar-refractivity contribution >= 4 is 0 Å². The summed E-state index contributed by atoms with van der Waals surface area (Å²) < 4.78 is 37.1. The van der Waals surface area contributed by atoms with Crippen LogP contribution in [0.25, 0.3) is 0 Å². The highest BCUT2D eigenvalue weighted by Gasteiger charge is 2.22. The van der Waals surface area contributed by atoms with Crippen molar-refractivity contribution in [2.24, 2.45) is 5.73 Å². The van der Waals surface area contributed by atoms with Crippen molar-refractivity contribution in [2.45, 2.75) is 25.7 Å². The van der Waals surface area contributed by atoms with Crippen LogP contribution in [-0.4, -0.2) is 19.5 Å². The molecular formula is C12H15F2NO2. The van der Waals surface area contributed by atoms with E-state index in [9.17, 15) is 8.78 Å². The fraction of sp³-hybridized carbons (Fsp3) is 0.500. The number of halogens is 2. The highest BCUT2D eigenvalue weighted by molar-refractivity contribution is 5.28. The highest BCUT2D eigenvalue weighted by Crippen LogP contribution is 2.24. The van der Waals surface area contributed by atoms with Gasteiger partial charge in [0.1, 0.15) is 11.6 Å². The highest BCUT2D eigenvalue weighted by atomic mass is 19.1. The minimum absolute atomic E-state index is 0.294. The predicted octanol–water partition coefficient (Wildman–Crippen LogP) is 2.04. The van der Waals surface area contributed by atoms with Crippen molar-refractivity contribution in [2.75, 3.05) is 13.2 Å². The Morgan fingerprint density at radius 3 is 2.59 bits per heavy atom. The van der Waals surface area contributed by atoms with E-state index in [1.54, 1.807) is 6.92 Å². The molecule has 0 saturated carbocycles. The van der Waals surface area contributed by atoms with Gasteiger partial charge in [-0.15, -0.1) is 0 Å². The molecule has 1 fully saturated rings. The van der Waals surface area contributed by atoms with E-state index in [4.69, 9.17) is 15.2 Å². The molecule has 1 heterocycles. The molecule has 0 amide bonds. The van der Waals surface area contributed by atoms with Gasteiger partial charge in [0.25, 0.3) is 0 Å². The average Bonchev–Trinajstić information content (AvgIpc) is 2.76. The molecule has 0 bridgehead atoms. The molecule has 17 heavy (non-hydrogen) atoms. The third-order valence-corrected chi connectivity index (χ3v) is 2.81. The lowest BCUT2D eigenvalue weighted by molar-refractivity contribution is -0.0509. The molecule has 1 saturated heterocycles. The van der Waals surface area contributed by atoms with Gasteiger partial charge < -0.3 is 15.2 Å². The summed E-state index contributed by atoms with van der Waals surface area (Å²) in [7, 11) is 0. The van der Waals surface area contributed by atoms with E-state index in [2.05, 4.69) is 0 Å². The Labute approximate surface area is 98.5 Å². The molecule has 0 radical (unpaired) electrons. The topological polar surface area (TPSA) is 44.5 Å². The summed E-state index contributed by atoms with van der Waals surface area (Å²) in [6, 6.07) is 1.74. The van der Waals surface area contributed by atoms with Crippen LogP contribution in [0.4, 0.5) is 8.78 Å². The first-order valence-electron chi connectivity index (χ1n) is 5.52. The molecule has 1 aliphatic rings. The lowest BCUT2D eigenvalue weighted by Crippen LogP contribution is -2.20. The maximum absolute atomic E-state index is 13.6. The first kappa shape index (κ1) is 12.4. The van der Waals surface area contributed by atoms with Crippen molar-refractivity contribution in [3.8, 4) is 0 Å². The number of hydrogen-bond acceptors (Lipinski definition) is 3. The zero-order valence-electron chi connectivity index (χ0n) is 9.58. The van der Waals surface area contributed by atoms with Gasteiger partial charge in [-0.25, -0.2) is 8.78 Å². The summed E-state index contributed by atoms with van der Waals surface area (Å²) in [6.45, 7) is 2.64. The molecular weight excluding hydrogens is 228 g/mol. The number of rotatable bonds is 3. The van der Waals surface area contributed by atoms with Gasteiger partial charge in [0.2, 0.25) is 0 Å². The first-order valence-corrected chi connectivity index (χ1v) is 5.52. The summed E-state index contributed by atoms with van der Waals surface area (Å²) in [6.07, 6.45) is -0.0307. The molecule has 1 unspecified atom stereocenters. The molecule has 1 aromatic rings. The standard InChI is InChI=1S/C12H15F2NO2/c1-7-4-8(10(14)5-9(7)13)11(15)6-12-16-2-3-17-12/h4-5,11-12H,2-3,6,15H2,1H3. The molecule has 2 N–H and O–H groups in total. The maximum Gasteiger partial charge on any atom is 0.159 e. The lowest BCUT2D eigenvalue weighted by atomic mass is 10.0. The first-order chi connectivity index (χ1) is 8.08. The SMILES string of the molecule is Cc1cc(C(N)CC2OCCO2)c(F)cc1F. The molecule has 1 atom stereocenters. The smallest absolute Gasteiger partial charge is 0.159 e. The largest absolute Gasteiger partial charge is 0.350 e. The van der Waals surface area contributed by atoms with Crippen molar-refractivity contribution in [1.29, 1.82) is 0 Å². The van der Waals surface area contributed by atoms with Crippen LogP contribution in [0.2, 0.25) is 0 Å². The Morgan fingerprint density at radius 1 is 1.29 bits per heavy atom. The molecule has 94 valence electrons. The normalized spacial score (nSPS) is 18.6. The number of nitrogens with two attached hydrogens (primary N) is 1. The Bertz CT molecular complexity index is 406. The monoisotopic (exact) mass is 243 g/mol. The van der Waals surface area contributed by atoms with E-state index in [0.29, 0.717) is 30.8 Å². The summed E-state index contributed by atoms with van der Waals surface area (Å²) in [4.78, 5) is 0. The quantitative estimate of drug-likeness (QED) is 0.883. The minimum atomic E-state index is -0.626. The molecule has 2 rings (SSSR count). The third-order valence-electron chi connectivity index (χ3n) is 2.81. The fourth-order valence-corrected chi connectivity index (χ4v) is 1.84. The van der Waals surface area contributed by atoms with Crippen LogP contribution in [0.15, 0.2) is 12.1 Å². The number of aryl methyl sites for hydroxylation is 1. The van der Waals surface area contributed by atoms with Gasteiger partial charge in [-0.05, 0) is 18.6 Å². The fourth-order valence-electron chi connectivity index (χ4n) is 1.84. The second-order valence-corrected chi connectivity index (χ2v) is 4.14. The minimum Gasteiger partial charge on any atom is -0.350 e. The van der Waals surface area contributed by atoms with Gasteiger partial charge in [-0.3, -0.25) is 0 Å². The zero-order valence-corrected chi connectivity index (χ0v) is 9.58. The second-order valence-electron chi connectivity index (χ2n) is 4.14. The molecule has 1 aromatic carbocycles. The number of hydrogen-bond donors (Lipinski definition) is 1. The van der Waals surface area contributed by atoms with Crippen LogP contribution in [0.1, 0.15) is 23.6 Å². The number of ether oxygens (including phenoxy) is 2. The Hall–Kier alpha value is -1.04. The summed E-state index contributed by atoms with van der Waals surface area (Å²) in [5.41, 5.74) is 6.55. The number of benzene rings is 1. The van der Waals surface area contributed by atoms with Crippen LogP contribution >= 0.6 is 0 Å². The van der Waals surface area contributed by atoms with E-state index in [-0.39, 0.29) is 0 Å².